The molecule has 1 rings (SSSR count). The lowest BCUT2D eigenvalue weighted by molar-refractivity contribution is 1.24. The lowest BCUT2D eigenvalue weighted by atomic mass is 10.3. The average Bonchev–Trinajstić information content (AvgIpc) is 1.88. The summed E-state index contributed by atoms with van der Waals surface area (Å²) in [5.74, 6) is 0. The highest BCUT2D eigenvalue weighted by Crippen LogP contribution is 2.14. The first-order chi connectivity index (χ1) is 4.74. The van der Waals surface area contributed by atoms with Crippen LogP contribution < -0.4 is 0 Å². The zero-order valence-electron chi connectivity index (χ0n) is 4.81. The van der Waals surface area contributed by atoms with E-state index in [9.17, 15) is 0 Å². The largest absolute Gasteiger partial charge is 0.248 e. The number of nitrogens with zero attached hydrogens (tertiary/aromatic N) is 2. The molecule has 0 unspecified atom stereocenters. The third-order valence-corrected chi connectivity index (χ3v) is 2.27. The van der Waals surface area contributed by atoms with Crippen LogP contribution >= 0.6 is 38.5 Å². The fourth-order valence-corrected chi connectivity index (χ4v) is 1.80. The number of aromatic nitrogens is 1. The van der Waals surface area contributed by atoms with Gasteiger partial charge in [0.25, 0.3) is 0 Å². The van der Waals surface area contributed by atoms with Crippen LogP contribution in [0.25, 0.3) is 0 Å². The minimum Gasteiger partial charge on any atom is -0.248 e. The van der Waals surface area contributed by atoms with Crippen LogP contribution in [0.15, 0.2) is 16.9 Å². The molecule has 0 aliphatic rings. The van der Waals surface area contributed by atoms with Gasteiger partial charge in [-0.15, -0.1) is 0 Å². The second kappa shape index (κ2) is 3.30. The first-order valence-corrected chi connectivity index (χ1v) is 4.32. The summed E-state index contributed by atoms with van der Waals surface area (Å²) >= 11 is 5.29. The van der Waals surface area contributed by atoms with E-state index in [1.165, 1.54) is 0 Å². The molecule has 2 nitrogen and oxygen atoms in total. The van der Waals surface area contributed by atoms with Gasteiger partial charge in [0.2, 0.25) is 0 Å². The van der Waals surface area contributed by atoms with E-state index >= 15 is 0 Å². The molecule has 0 fully saturated rings. The Morgan fingerprint density at radius 2 is 2.40 bits per heavy atom. The van der Waals surface area contributed by atoms with Gasteiger partial charge in [-0.3, -0.25) is 0 Å². The summed E-state index contributed by atoms with van der Waals surface area (Å²) in [6.45, 7) is 0. The predicted octanol–water partition coefficient (Wildman–Crippen LogP) is 2.32. The van der Waals surface area contributed by atoms with Crippen LogP contribution in [0, 0.1) is 14.9 Å². The Morgan fingerprint density at radius 3 is 2.90 bits per heavy atom. The normalized spacial score (nSPS) is 8.90. The van der Waals surface area contributed by atoms with E-state index in [2.05, 4.69) is 43.5 Å². The molecule has 0 radical (unpaired) electrons. The molecule has 0 saturated carbocycles. The molecule has 0 saturated heterocycles. The van der Waals surface area contributed by atoms with Crippen LogP contribution in [0.1, 0.15) is 5.56 Å². The second-order valence-electron chi connectivity index (χ2n) is 1.60. The van der Waals surface area contributed by atoms with Gasteiger partial charge in [-0.25, -0.2) is 4.98 Å². The Hall–Kier alpha value is -0.150. The van der Waals surface area contributed by atoms with E-state index in [0.717, 1.165) is 8.17 Å². The molecule has 0 bridgehead atoms. The van der Waals surface area contributed by atoms with Crippen LogP contribution in [-0.2, 0) is 0 Å². The highest BCUT2D eigenvalue weighted by molar-refractivity contribution is 14.1. The van der Waals surface area contributed by atoms with E-state index in [4.69, 9.17) is 5.26 Å². The van der Waals surface area contributed by atoms with Crippen LogP contribution in [0.4, 0.5) is 0 Å². The van der Waals surface area contributed by atoms with Crippen molar-refractivity contribution in [2.45, 2.75) is 0 Å². The highest BCUT2D eigenvalue weighted by atomic mass is 127. The number of pyridine rings is 1. The minimum atomic E-state index is 0.615. The van der Waals surface area contributed by atoms with Crippen molar-refractivity contribution in [1.29, 1.82) is 5.26 Å². The third-order valence-electron chi connectivity index (χ3n) is 0.941. The first kappa shape index (κ1) is 7.95. The van der Waals surface area contributed by atoms with Crippen molar-refractivity contribution in [3.63, 3.8) is 0 Å². The molecule has 0 aliphatic carbocycles. The number of hydrogen-bond acceptors (Lipinski definition) is 2. The van der Waals surface area contributed by atoms with Gasteiger partial charge in [0, 0.05) is 9.77 Å². The Labute approximate surface area is 80.5 Å². The van der Waals surface area contributed by atoms with Crippen molar-refractivity contribution in [2.75, 3.05) is 0 Å². The zero-order valence-corrected chi connectivity index (χ0v) is 8.55. The van der Waals surface area contributed by atoms with Crippen LogP contribution in [0.2, 0.25) is 0 Å². The first-order valence-electron chi connectivity index (χ1n) is 2.45. The average molecular weight is 309 g/mol. The molecule has 10 heavy (non-hydrogen) atoms. The Bertz CT molecular complexity index is 292. The van der Waals surface area contributed by atoms with Crippen LogP contribution in [-0.4, -0.2) is 4.98 Å². The standard InChI is InChI=1S/C6H2BrIN2/c7-6-1-5(8)4(2-9)3-10-6/h1,3H. The topological polar surface area (TPSA) is 36.7 Å². The van der Waals surface area contributed by atoms with Gasteiger partial charge in [-0.05, 0) is 44.6 Å². The van der Waals surface area contributed by atoms with Gasteiger partial charge in [0.05, 0.1) is 5.56 Å². The molecule has 0 atom stereocenters. The SMILES string of the molecule is N#Cc1cnc(Br)cc1I. The van der Waals surface area contributed by atoms with Crippen molar-refractivity contribution >= 4 is 38.5 Å². The van der Waals surface area contributed by atoms with Crippen molar-refractivity contribution in [2.24, 2.45) is 0 Å². The van der Waals surface area contributed by atoms with Gasteiger partial charge in [0.15, 0.2) is 0 Å². The lowest BCUT2D eigenvalue weighted by Crippen LogP contribution is -1.83. The van der Waals surface area contributed by atoms with Gasteiger partial charge in [-0.2, -0.15) is 5.26 Å². The second-order valence-corrected chi connectivity index (χ2v) is 3.57. The maximum absolute atomic E-state index is 8.50. The van der Waals surface area contributed by atoms with E-state index < -0.39 is 0 Å². The molecule has 1 aromatic rings. The molecule has 0 aromatic carbocycles. The summed E-state index contributed by atoms with van der Waals surface area (Å²) in [5.41, 5.74) is 0.615. The summed E-state index contributed by atoms with van der Waals surface area (Å²) in [6.07, 6.45) is 1.55. The summed E-state index contributed by atoms with van der Waals surface area (Å²) in [5, 5.41) is 8.50. The zero-order chi connectivity index (χ0) is 7.56. The van der Waals surface area contributed by atoms with E-state index in [1.807, 2.05) is 6.07 Å². The van der Waals surface area contributed by atoms with E-state index in [-0.39, 0.29) is 0 Å². The van der Waals surface area contributed by atoms with Gasteiger partial charge in [-0.1, -0.05) is 0 Å². The van der Waals surface area contributed by atoms with Gasteiger partial charge < -0.3 is 0 Å². The Balaban J connectivity index is 3.23. The van der Waals surface area contributed by atoms with Crippen molar-refractivity contribution in [3.8, 4) is 6.07 Å². The van der Waals surface area contributed by atoms with E-state index in [1.54, 1.807) is 12.3 Å². The lowest BCUT2D eigenvalue weighted by Gasteiger charge is -1.92. The number of hydrogen-bond donors (Lipinski definition) is 0. The molecular formula is C6H2BrIN2. The molecule has 1 aromatic heterocycles. The Morgan fingerprint density at radius 1 is 1.70 bits per heavy atom. The number of halogens is 2. The molecule has 0 N–H and O–H groups in total. The van der Waals surface area contributed by atoms with Crippen molar-refractivity contribution < 1.29 is 0 Å². The van der Waals surface area contributed by atoms with Crippen molar-refractivity contribution in [1.82, 2.24) is 4.98 Å². The maximum atomic E-state index is 8.50. The van der Waals surface area contributed by atoms with Crippen LogP contribution in [0.5, 0.6) is 0 Å². The number of nitriles is 1. The maximum Gasteiger partial charge on any atom is 0.107 e. The van der Waals surface area contributed by atoms with Gasteiger partial charge in [0.1, 0.15) is 10.7 Å². The summed E-state index contributed by atoms with van der Waals surface area (Å²) in [4.78, 5) is 3.90. The summed E-state index contributed by atoms with van der Waals surface area (Å²) in [7, 11) is 0. The molecule has 0 aliphatic heterocycles. The fraction of sp³-hybridized carbons (Fsp3) is 0. The van der Waals surface area contributed by atoms with Gasteiger partial charge >= 0.3 is 0 Å². The minimum absolute atomic E-state index is 0.615. The van der Waals surface area contributed by atoms with Crippen LogP contribution in [0.3, 0.4) is 0 Å². The molecule has 50 valence electrons. The van der Waals surface area contributed by atoms with E-state index in [0.29, 0.717) is 5.56 Å². The molecular weight excluding hydrogens is 307 g/mol. The quantitative estimate of drug-likeness (QED) is 0.545. The highest BCUT2D eigenvalue weighted by Gasteiger charge is 1.97. The molecule has 0 spiro atoms. The molecule has 0 amide bonds. The molecule has 1 heterocycles. The number of rotatable bonds is 0. The smallest absolute Gasteiger partial charge is 0.107 e. The molecule has 4 heteroatoms. The summed E-state index contributed by atoms with van der Waals surface area (Å²) in [6, 6.07) is 3.84. The Kier molecular flexibility index (Phi) is 2.63. The third kappa shape index (κ3) is 1.67. The van der Waals surface area contributed by atoms with Crippen molar-refractivity contribution in [3.05, 3.63) is 26.0 Å². The fourth-order valence-electron chi connectivity index (χ4n) is 0.490. The monoisotopic (exact) mass is 308 g/mol. The predicted molar refractivity (Wildman–Crippen MR) is 49.4 cm³/mol. The summed E-state index contributed by atoms with van der Waals surface area (Å²) < 4.78 is 1.68.